The number of carbonyl (C=O) groups is 1. The highest BCUT2D eigenvalue weighted by molar-refractivity contribution is 7.00. The lowest BCUT2D eigenvalue weighted by Gasteiger charge is -2.21. The minimum Gasteiger partial charge on any atom is -0.497 e. The van der Waals surface area contributed by atoms with Crippen molar-refractivity contribution in [2.45, 2.75) is 32.2 Å². The van der Waals surface area contributed by atoms with E-state index in [1.54, 1.807) is 7.11 Å². The molecule has 134 valence electrons. The lowest BCUT2D eigenvalue weighted by molar-refractivity contribution is -0.124. The number of nitrogens with one attached hydrogen (secondary N) is 1. The van der Waals surface area contributed by atoms with Crippen LogP contribution in [0.5, 0.6) is 5.75 Å². The maximum absolute atomic E-state index is 13.1. The fraction of sp³-hybridized carbons (Fsp3) is 0.350. The number of ether oxygens (including phenoxy) is 1. The van der Waals surface area contributed by atoms with Gasteiger partial charge in [-0.25, -0.2) is 0 Å². The van der Waals surface area contributed by atoms with Crippen LogP contribution in [0.3, 0.4) is 0 Å². The molecule has 1 fully saturated rings. The van der Waals surface area contributed by atoms with Crippen LogP contribution in [0.25, 0.3) is 11.0 Å². The predicted octanol–water partition coefficient (Wildman–Crippen LogP) is 3.68. The minimum absolute atomic E-state index is 0.0611. The fourth-order valence-corrected chi connectivity index (χ4v) is 4.29. The van der Waals surface area contributed by atoms with Crippen LogP contribution < -0.4 is 10.1 Å². The van der Waals surface area contributed by atoms with Gasteiger partial charge in [0, 0.05) is 6.54 Å². The van der Waals surface area contributed by atoms with Crippen molar-refractivity contribution in [3.63, 3.8) is 0 Å². The summed E-state index contributed by atoms with van der Waals surface area (Å²) in [6.45, 7) is 4.77. The van der Waals surface area contributed by atoms with Crippen LogP contribution in [0.1, 0.15) is 31.4 Å². The number of nitrogens with zero attached hydrogens (tertiary/aromatic N) is 2. The topological polar surface area (TPSA) is 64.1 Å². The minimum atomic E-state index is -0.481. The van der Waals surface area contributed by atoms with Crippen LogP contribution in [-0.2, 0) is 16.8 Å². The summed E-state index contributed by atoms with van der Waals surface area (Å²) >= 11 is 1.20. The van der Waals surface area contributed by atoms with Crippen LogP contribution in [0.4, 0.5) is 0 Å². The molecule has 1 N–H and O–H groups in total. The van der Waals surface area contributed by atoms with Crippen molar-refractivity contribution in [2.75, 3.05) is 7.11 Å². The first kappa shape index (κ1) is 17.0. The monoisotopic (exact) mass is 367 g/mol. The highest BCUT2D eigenvalue weighted by Crippen LogP contribution is 2.64. The smallest absolute Gasteiger partial charge is 0.231 e. The Kier molecular flexibility index (Phi) is 3.95. The largest absolute Gasteiger partial charge is 0.497 e. The van der Waals surface area contributed by atoms with Gasteiger partial charge in [0.1, 0.15) is 16.8 Å². The molecule has 26 heavy (non-hydrogen) atoms. The number of benzene rings is 2. The van der Waals surface area contributed by atoms with E-state index in [0.717, 1.165) is 34.3 Å². The molecule has 1 heterocycles. The zero-order valence-corrected chi connectivity index (χ0v) is 15.9. The number of hydrogen-bond acceptors (Lipinski definition) is 5. The molecule has 0 radical (unpaired) electrons. The quantitative estimate of drug-likeness (QED) is 0.747. The van der Waals surface area contributed by atoms with Crippen LogP contribution in [-0.4, -0.2) is 21.8 Å². The van der Waals surface area contributed by atoms with E-state index in [1.165, 1.54) is 11.7 Å². The standard InChI is InChI=1S/C20H21N3O2S/c1-19(2)12-20(19,14-5-7-15(25-3)8-6-14)18(24)21-11-13-4-9-16-17(10-13)23-26-22-16/h4-10H,11-12H2,1-3H3,(H,21,24)/t20-/m0/s1. The molecule has 0 aliphatic heterocycles. The summed E-state index contributed by atoms with van der Waals surface area (Å²) in [5.74, 6) is 0.872. The summed E-state index contributed by atoms with van der Waals surface area (Å²) < 4.78 is 13.7. The lowest BCUT2D eigenvalue weighted by Crippen LogP contribution is -2.37. The maximum atomic E-state index is 13.1. The van der Waals surface area contributed by atoms with Crippen molar-refractivity contribution >= 4 is 28.7 Å². The van der Waals surface area contributed by atoms with Crippen molar-refractivity contribution in [1.82, 2.24) is 14.1 Å². The first-order chi connectivity index (χ1) is 12.5. The van der Waals surface area contributed by atoms with Crippen molar-refractivity contribution in [2.24, 2.45) is 5.41 Å². The zero-order valence-electron chi connectivity index (χ0n) is 15.1. The summed E-state index contributed by atoms with van der Waals surface area (Å²) in [7, 11) is 1.65. The lowest BCUT2D eigenvalue weighted by atomic mass is 9.87. The third-order valence-corrected chi connectivity index (χ3v) is 6.04. The van der Waals surface area contributed by atoms with E-state index in [1.807, 2.05) is 42.5 Å². The molecule has 5 nitrogen and oxygen atoms in total. The first-order valence-corrected chi connectivity index (χ1v) is 9.33. The van der Waals surface area contributed by atoms with Gasteiger partial charge in [0.25, 0.3) is 0 Å². The highest BCUT2D eigenvalue weighted by Gasteiger charge is 2.66. The third kappa shape index (κ3) is 2.65. The molecule has 1 saturated carbocycles. The Labute approximate surface area is 156 Å². The van der Waals surface area contributed by atoms with Gasteiger partial charge in [-0.05, 0) is 47.2 Å². The number of aromatic nitrogens is 2. The van der Waals surface area contributed by atoms with Gasteiger partial charge in [-0.2, -0.15) is 8.75 Å². The Morgan fingerprint density at radius 3 is 2.50 bits per heavy atom. The van der Waals surface area contributed by atoms with Crippen LogP contribution in [0, 0.1) is 5.41 Å². The predicted molar refractivity (Wildman–Crippen MR) is 102 cm³/mol. The van der Waals surface area contributed by atoms with E-state index in [-0.39, 0.29) is 11.3 Å². The van der Waals surface area contributed by atoms with Gasteiger partial charge in [-0.1, -0.05) is 32.0 Å². The van der Waals surface area contributed by atoms with Gasteiger partial charge in [0.05, 0.1) is 24.3 Å². The molecule has 1 aromatic heterocycles. The Bertz CT molecular complexity index is 965. The van der Waals surface area contributed by atoms with E-state index < -0.39 is 5.41 Å². The molecule has 1 aliphatic carbocycles. The number of methoxy groups -OCH3 is 1. The number of fused-ring (bicyclic) bond motifs is 1. The van der Waals surface area contributed by atoms with Crippen molar-refractivity contribution in [3.05, 3.63) is 53.6 Å². The molecule has 0 saturated heterocycles. The van der Waals surface area contributed by atoms with E-state index in [9.17, 15) is 4.79 Å². The summed E-state index contributed by atoms with van der Waals surface area (Å²) in [6.07, 6.45) is 0.840. The highest BCUT2D eigenvalue weighted by atomic mass is 32.1. The van der Waals surface area contributed by atoms with Gasteiger partial charge in [0.15, 0.2) is 0 Å². The molecule has 1 aliphatic rings. The number of hydrogen-bond donors (Lipinski definition) is 1. The van der Waals surface area contributed by atoms with Crippen LogP contribution in [0.15, 0.2) is 42.5 Å². The second-order valence-electron chi connectivity index (χ2n) is 7.46. The molecule has 0 unspecified atom stereocenters. The van der Waals surface area contributed by atoms with Gasteiger partial charge in [0.2, 0.25) is 5.91 Å². The third-order valence-electron chi connectivity index (χ3n) is 5.48. The molecule has 4 rings (SSSR count). The van der Waals surface area contributed by atoms with E-state index in [2.05, 4.69) is 27.9 Å². The maximum Gasteiger partial charge on any atom is 0.231 e. The van der Waals surface area contributed by atoms with Crippen molar-refractivity contribution < 1.29 is 9.53 Å². The van der Waals surface area contributed by atoms with Crippen molar-refractivity contribution in [3.8, 4) is 5.75 Å². The molecule has 0 bridgehead atoms. The summed E-state index contributed by atoms with van der Waals surface area (Å²) in [5, 5.41) is 3.13. The SMILES string of the molecule is COc1ccc([C@]2(C(=O)NCc3ccc4nsnc4c3)CC2(C)C)cc1. The Hall–Kier alpha value is -2.47. The van der Waals surface area contributed by atoms with Crippen LogP contribution in [0.2, 0.25) is 0 Å². The number of carbonyl (C=O) groups excluding carboxylic acids is 1. The van der Waals surface area contributed by atoms with Gasteiger partial charge >= 0.3 is 0 Å². The molecular formula is C20H21N3O2S. The molecule has 2 aromatic carbocycles. The van der Waals surface area contributed by atoms with Crippen LogP contribution >= 0.6 is 11.7 Å². The molecule has 3 aromatic rings. The molecule has 1 amide bonds. The van der Waals surface area contributed by atoms with Gasteiger partial charge in [-0.15, -0.1) is 0 Å². The number of amides is 1. The molecule has 6 heteroatoms. The fourth-order valence-electron chi connectivity index (χ4n) is 3.78. The second kappa shape index (κ2) is 6.06. The Balaban J connectivity index is 1.54. The molecule has 1 atom stereocenters. The Morgan fingerprint density at radius 2 is 1.85 bits per heavy atom. The van der Waals surface area contributed by atoms with Gasteiger partial charge in [-0.3, -0.25) is 4.79 Å². The summed E-state index contributed by atoms with van der Waals surface area (Å²) in [6, 6.07) is 13.8. The average molecular weight is 367 g/mol. The van der Waals surface area contributed by atoms with Crippen molar-refractivity contribution in [1.29, 1.82) is 0 Å². The van der Waals surface area contributed by atoms with Gasteiger partial charge < -0.3 is 10.1 Å². The van der Waals surface area contributed by atoms with E-state index in [0.29, 0.717) is 6.54 Å². The second-order valence-corrected chi connectivity index (χ2v) is 7.99. The molecular weight excluding hydrogens is 346 g/mol. The zero-order chi connectivity index (χ0) is 18.4. The number of rotatable bonds is 5. The summed E-state index contributed by atoms with van der Waals surface area (Å²) in [4.78, 5) is 13.1. The Morgan fingerprint density at radius 1 is 1.15 bits per heavy atom. The van der Waals surface area contributed by atoms with E-state index in [4.69, 9.17) is 4.74 Å². The average Bonchev–Trinajstić information content (AvgIpc) is 3.01. The van der Waals surface area contributed by atoms with E-state index >= 15 is 0 Å². The summed E-state index contributed by atoms with van der Waals surface area (Å²) in [5.41, 5.74) is 3.29. The molecule has 0 spiro atoms. The first-order valence-electron chi connectivity index (χ1n) is 8.60. The normalized spacial score (nSPS) is 20.7.